The highest BCUT2D eigenvalue weighted by molar-refractivity contribution is 5.68. The fraction of sp³-hybridized carbons (Fsp3) is 0.750. The van der Waals surface area contributed by atoms with Gasteiger partial charge in [0.25, 0.3) is 0 Å². The molecule has 0 unspecified atom stereocenters. The van der Waals surface area contributed by atoms with E-state index < -0.39 is 42.0 Å². The Morgan fingerprint density at radius 1 is 1.15 bits per heavy atom. The summed E-state index contributed by atoms with van der Waals surface area (Å²) in [5, 5.41) is 9.88. The largest absolute Gasteiger partial charge is 0.463 e. The minimum atomic E-state index is -1.57. The summed E-state index contributed by atoms with van der Waals surface area (Å²) >= 11 is 0. The lowest BCUT2D eigenvalue weighted by Crippen LogP contribution is -2.51. The maximum atomic E-state index is 11.2. The van der Waals surface area contributed by atoms with E-state index in [1.165, 1.54) is 20.8 Å². The minimum Gasteiger partial charge on any atom is -0.463 e. The van der Waals surface area contributed by atoms with E-state index in [4.69, 9.17) is 18.9 Å². The molecule has 1 aliphatic rings. The zero-order chi connectivity index (χ0) is 15.5. The number of rotatable bonds is 4. The standard InChI is InChI=1S/C12H18O8/c1-6(13)17-5-9-10(18-7(2)14)12(4,11(16)19-9)20-8(3)15/h9-11,16H,5H2,1-4H3/t9-,10-,11-,12-/m1/s1. The smallest absolute Gasteiger partial charge is 0.303 e. The van der Waals surface area contributed by atoms with Crippen molar-refractivity contribution in [3.63, 3.8) is 0 Å². The molecule has 1 N–H and O–H groups in total. The number of aliphatic hydroxyl groups is 1. The summed E-state index contributed by atoms with van der Waals surface area (Å²) in [4.78, 5) is 33.1. The third-order valence-corrected chi connectivity index (χ3v) is 2.80. The van der Waals surface area contributed by atoms with Crippen LogP contribution in [-0.2, 0) is 33.3 Å². The number of esters is 3. The molecule has 0 aliphatic carbocycles. The molecule has 0 aromatic rings. The molecule has 8 heteroatoms. The summed E-state index contributed by atoms with van der Waals surface area (Å²) < 4.78 is 20.0. The lowest BCUT2D eigenvalue weighted by molar-refractivity contribution is -0.204. The van der Waals surface area contributed by atoms with Gasteiger partial charge < -0.3 is 24.1 Å². The molecule has 8 nitrogen and oxygen atoms in total. The number of carbonyl (C=O) groups excluding carboxylic acids is 3. The Morgan fingerprint density at radius 3 is 2.20 bits per heavy atom. The van der Waals surface area contributed by atoms with Gasteiger partial charge in [-0.3, -0.25) is 14.4 Å². The molecule has 1 aliphatic heterocycles. The van der Waals surface area contributed by atoms with Crippen molar-refractivity contribution in [3.8, 4) is 0 Å². The van der Waals surface area contributed by atoms with Gasteiger partial charge in [-0.25, -0.2) is 0 Å². The van der Waals surface area contributed by atoms with Gasteiger partial charge in [0.05, 0.1) is 0 Å². The fourth-order valence-electron chi connectivity index (χ4n) is 2.00. The number of carbonyl (C=O) groups is 3. The summed E-state index contributed by atoms with van der Waals surface area (Å²) in [6.07, 6.45) is -3.52. The molecule has 1 heterocycles. The van der Waals surface area contributed by atoms with Crippen molar-refractivity contribution < 1.29 is 38.4 Å². The van der Waals surface area contributed by atoms with Crippen molar-refractivity contribution >= 4 is 17.9 Å². The predicted octanol–water partition coefficient (Wildman–Crippen LogP) is -0.480. The summed E-state index contributed by atoms with van der Waals surface area (Å²) in [6, 6.07) is 0. The van der Waals surface area contributed by atoms with Crippen molar-refractivity contribution in [2.45, 2.75) is 51.8 Å². The van der Waals surface area contributed by atoms with Gasteiger partial charge in [-0.1, -0.05) is 0 Å². The van der Waals surface area contributed by atoms with E-state index in [9.17, 15) is 19.5 Å². The van der Waals surface area contributed by atoms with Gasteiger partial charge in [0.15, 0.2) is 18.0 Å². The zero-order valence-corrected chi connectivity index (χ0v) is 11.7. The SMILES string of the molecule is CC(=O)OC[C@H]1O[C@@H](O)[C@](C)(OC(C)=O)[C@@H]1OC(C)=O. The molecule has 114 valence electrons. The first-order valence-corrected chi connectivity index (χ1v) is 6.00. The maximum Gasteiger partial charge on any atom is 0.303 e. The first-order chi connectivity index (χ1) is 9.16. The molecular formula is C12H18O8. The molecule has 0 radical (unpaired) electrons. The van der Waals surface area contributed by atoms with E-state index in [1.54, 1.807) is 0 Å². The molecule has 1 saturated heterocycles. The van der Waals surface area contributed by atoms with Gasteiger partial charge in [0.1, 0.15) is 12.7 Å². The third-order valence-electron chi connectivity index (χ3n) is 2.80. The third kappa shape index (κ3) is 3.67. The van der Waals surface area contributed by atoms with Gasteiger partial charge in [-0.15, -0.1) is 0 Å². The van der Waals surface area contributed by atoms with Crippen LogP contribution in [0.5, 0.6) is 0 Å². The van der Waals surface area contributed by atoms with Crippen LogP contribution >= 0.6 is 0 Å². The van der Waals surface area contributed by atoms with E-state index in [0.29, 0.717) is 0 Å². The van der Waals surface area contributed by atoms with Gasteiger partial charge in [0.2, 0.25) is 0 Å². The van der Waals surface area contributed by atoms with Crippen molar-refractivity contribution in [2.24, 2.45) is 0 Å². The topological polar surface area (TPSA) is 108 Å². The van der Waals surface area contributed by atoms with Crippen LogP contribution in [0, 0.1) is 0 Å². The molecular weight excluding hydrogens is 272 g/mol. The second-order valence-corrected chi connectivity index (χ2v) is 4.64. The van der Waals surface area contributed by atoms with Crippen molar-refractivity contribution in [2.75, 3.05) is 6.61 Å². The van der Waals surface area contributed by atoms with Crippen molar-refractivity contribution in [1.82, 2.24) is 0 Å². The summed E-state index contributed by atoms with van der Waals surface area (Å²) in [5.74, 6) is -1.86. The monoisotopic (exact) mass is 290 g/mol. The van der Waals surface area contributed by atoms with Crippen LogP contribution in [0.3, 0.4) is 0 Å². The Balaban J connectivity index is 2.94. The Labute approximate surface area is 115 Å². The van der Waals surface area contributed by atoms with Crippen LogP contribution in [0.2, 0.25) is 0 Å². The number of aliphatic hydroxyl groups excluding tert-OH is 1. The molecule has 0 bridgehead atoms. The van der Waals surface area contributed by atoms with E-state index in [-0.39, 0.29) is 6.61 Å². The summed E-state index contributed by atoms with van der Waals surface area (Å²) in [7, 11) is 0. The van der Waals surface area contributed by atoms with Gasteiger partial charge in [-0.2, -0.15) is 0 Å². The van der Waals surface area contributed by atoms with Crippen LogP contribution < -0.4 is 0 Å². The van der Waals surface area contributed by atoms with Gasteiger partial charge >= 0.3 is 17.9 Å². The Bertz CT molecular complexity index is 406. The van der Waals surface area contributed by atoms with Crippen LogP contribution in [0.1, 0.15) is 27.7 Å². The molecule has 1 fully saturated rings. The first kappa shape index (κ1) is 16.4. The van der Waals surface area contributed by atoms with Gasteiger partial charge in [0, 0.05) is 20.8 Å². The average Bonchev–Trinajstić information content (AvgIpc) is 2.49. The molecule has 0 spiro atoms. The molecule has 0 amide bonds. The summed E-state index contributed by atoms with van der Waals surface area (Å²) in [5.41, 5.74) is -1.57. The predicted molar refractivity (Wildman–Crippen MR) is 63.2 cm³/mol. The molecule has 0 saturated carbocycles. The second kappa shape index (κ2) is 6.19. The van der Waals surface area contributed by atoms with E-state index in [1.807, 2.05) is 0 Å². The van der Waals surface area contributed by atoms with Crippen LogP contribution in [0.15, 0.2) is 0 Å². The van der Waals surface area contributed by atoms with E-state index >= 15 is 0 Å². The lowest BCUT2D eigenvalue weighted by Gasteiger charge is -2.31. The Morgan fingerprint density at radius 2 is 1.75 bits per heavy atom. The average molecular weight is 290 g/mol. The number of hydrogen-bond donors (Lipinski definition) is 1. The summed E-state index contributed by atoms with van der Waals surface area (Å²) in [6.45, 7) is 4.67. The normalized spacial score (nSPS) is 32.5. The zero-order valence-electron chi connectivity index (χ0n) is 11.7. The number of ether oxygens (including phenoxy) is 4. The van der Waals surface area contributed by atoms with E-state index in [2.05, 4.69) is 0 Å². The fourth-order valence-corrected chi connectivity index (χ4v) is 2.00. The molecule has 1 rings (SSSR count). The quantitative estimate of drug-likeness (QED) is 0.546. The maximum absolute atomic E-state index is 11.2. The Kier molecular flexibility index (Phi) is 5.07. The molecule has 0 aromatic carbocycles. The van der Waals surface area contributed by atoms with Crippen LogP contribution in [0.25, 0.3) is 0 Å². The van der Waals surface area contributed by atoms with Crippen molar-refractivity contribution in [1.29, 1.82) is 0 Å². The van der Waals surface area contributed by atoms with Crippen LogP contribution in [0.4, 0.5) is 0 Å². The number of hydrogen-bond acceptors (Lipinski definition) is 8. The van der Waals surface area contributed by atoms with Crippen LogP contribution in [-0.4, -0.2) is 53.7 Å². The Hall–Kier alpha value is -1.67. The second-order valence-electron chi connectivity index (χ2n) is 4.64. The highest BCUT2D eigenvalue weighted by atomic mass is 16.7. The minimum absolute atomic E-state index is 0.235. The first-order valence-electron chi connectivity index (χ1n) is 6.00. The molecule has 0 aromatic heterocycles. The van der Waals surface area contributed by atoms with E-state index in [0.717, 1.165) is 6.92 Å². The highest BCUT2D eigenvalue weighted by Crippen LogP contribution is 2.35. The lowest BCUT2D eigenvalue weighted by atomic mass is 9.97. The molecule has 4 atom stereocenters. The van der Waals surface area contributed by atoms with Gasteiger partial charge in [-0.05, 0) is 6.92 Å². The molecule has 20 heavy (non-hydrogen) atoms. The van der Waals surface area contributed by atoms with Crippen molar-refractivity contribution in [3.05, 3.63) is 0 Å². The highest BCUT2D eigenvalue weighted by Gasteiger charge is 2.58.